The van der Waals surface area contributed by atoms with E-state index >= 15 is 0 Å². The number of carboxylic acids is 1. The molecular formula is C8H7ClF2O2S. The molecule has 0 amide bonds. The van der Waals surface area contributed by atoms with Crippen LogP contribution in [0.5, 0.6) is 0 Å². The van der Waals surface area contributed by atoms with E-state index in [9.17, 15) is 13.6 Å². The Hall–Kier alpha value is -0.680. The number of rotatable bonds is 4. The standard InChI is InChI=1S/C8H7ClF2O2S/c9-6-2-1-5(14-6)4(8(10)11)3-7(12)13/h1-2,4,8H,3H2,(H,12,13). The van der Waals surface area contributed by atoms with E-state index in [0.717, 1.165) is 11.3 Å². The zero-order chi connectivity index (χ0) is 10.7. The van der Waals surface area contributed by atoms with Gasteiger partial charge in [-0.1, -0.05) is 11.6 Å². The third-order valence-electron chi connectivity index (χ3n) is 1.66. The smallest absolute Gasteiger partial charge is 0.304 e. The summed E-state index contributed by atoms with van der Waals surface area (Å²) < 4.78 is 25.3. The van der Waals surface area contributed by atoms with E-state index in [4.69, 9.17) is 16.7 Å². The van der Waals surface area contributed by atoms with E-state index in [1.54, 1.807) is 0 Å². The minimum absolute atomic E-state index is 0.312. The van der Waals surface area contributed by atoms with E-state index in [-0.39, 0.29) is 0 Å². The highest BCUT2D eigenvalue weighted by Gasteiger charge is 2.26. The highest BCUT2D eigenvalue weighted by Crippen LogP contribution is 2.34. The minimum atomic E-state index is -2.68. The summed E-state index contributed by atoms with van der Waals surface area (Å²) in [4.78, 5) is 10.6. The molecule has 78 valence electrons. The summed E-state index contributed by atoms with van der Waals surface area (Å²) in [5.41, 5.74) is 0. The van der Waals surface area contributed by atoms with Gasteiger partial charge >= 0.3 is 5.97 Å². The van der Waals surface area contributed by atoms with Crippen molar-refractivity contribution in [2.45, 2.75) is 18.8 Å². The molecular weight excluding hydrogens is 234 g/mol. The van der Waals surface area contributed by atoms with Gasteiger partial charge in [0, 0.05) is 4.88 Å². The summed E-state index contributed by atoms with van der Waals surface area (Å²) in [5, 5.41) is 8.44. The Morgan fingerprint density at radius 2 is 2.21 bits per heavy atom. The van der Waals surface area contributed by atoms with Gasteiger partial charge < -0.3 is 5.11 Å². The molecule has 1 atom stereocenters. The minimum Gasteiger partial charge on any atom is -0.481 e. The fraction of sp³-hybridized carbons (Fsp3) is 0.375. The molecule has 0 radical (unpaired) electrons. The molecule has 0 aliphatic carbocycles. The fourth-order valence-corrected chi connectivity index (χ4v) is 2.19. The second-order valence-electron chi connectivity index (χ2n) is 2.68. The van der Waals surface area contributed by atoms with E-state index in [2.05, 4.69) is 0 Å². The van der Waals surface area contributed by atoms with E-state index in [1.165, 1.54) is 12.1 Å². The molecule has 1 N–H and O–H groups in total. The summed E-state index contributed by atoms with van der Waals surface area (Å²) in [6, 6.07) is 2.92. The van der Waals surface area contributed by atoms with E-state index < -0.39 is 24.7 Å². The number of hydrogen-bond acceptors (Lipinski definition) is 2. The number of alkyl halides is 2. The van der Waals surface area contributed by atoms with Gasteiger partial charge in [-0.25, -0.2) is 8.78 Å². The molecule has 1 heterocycles. The Balaban J connectivity index is 2.82. The van der Waals surface area contributed by atoms with Crippen molar-refractivity contribution in [3.8, 4) is 0 Å². The summed E-state index contributed by atoms with van der Waals surface area (Å²) in [7, 11) is 0. The van der Waals surface area contributed by atoms with Crippen molar-refractivity contribution in [3.63, 3.8) is 0 Å². The average molecular weight is 241 g/mol. The largest absolute Gasteiger partial charge is 0.481 e. The van der Waals surface area contributed by atoms with Crippen LogP contribution in [0.1, 0.15) is 17.2 Å². The molecule has 1 aromatic heterocycles. The van der Waals surface area contributed by atoms with Gasteiger partial charge in [0.05, 0.1) is 16.7 Å². The third kappa shape index (κ3) is 2.92. The van der Waals surface area contributed by atoms with Crippen LogP contribution >= 0.6 is 22.9 Å². The van der Waals surface area contributed by atoms with Gasteiger partial charge in [0.1, 0.15) is 0 Å². The topological polar surface area (TPSA) is 37.3 Å². The van der Waals surface area contributed by atoms with Crippen LogP contribution in [0.15, 0.2) is 12.1 Å². The Labute approximate surface area is 88.1 Å². The second kappa shape index (κ2) is 4.70. The third-order valence-corrected chi connectivity index (χ3v) is 3.02. The number of carbonyl (C=O) groups is 1. The summed E-state index contributed by atoms with van der Waals surface area (Å²) >= 11 is 6.56. The maximum atomic E-state index is 12.5. The predicted molar refractivity (Wildman–Crippen MR) is 50.3 cm³/mol. The Morgan fingerprint density at radius 1 is 1.57 bits per heavy atom. The SMILES string of the molecule is O=C(O)CC(c1ccc(Cl)s1)C(F)F. The van der Waals surface area contributed by atoms with Crippen LogP contribution in [0.25, 0.3) is 0 Å². The molecule has 0 aliphatic rings. The second-order valence-corrected chi connectivity index (χ2v) is 4.43. The first-order chi connectivity index (χ1) is 6.50. The number of carboxylic acid groups (broad SMARTS) is 1. The van der Waals surface area contributed by atoms with Crippen LogP contribution in [0.4, 0.5) is 8.78 Å². The van der Waals surface area contributed by atoms with Crippen molar-refractivity contribution in [2.24, 2.45) is 0 Å². The first kappa shape index (κ1) is 11.4. The molecule has 1 aromatic rings. The zero-order valence-electron chi connectivity index (χ0n) is 6.91. The van der Waals surface area contributed by atoms with Crippen LogP contribution in [-0.2, 0) is 4.79 Å². The molecule has 6 heteroatoms. The fourth-order valence-electron chi connectivity index (χ4n) is 1.03. The number of halogens is 3. The highest BCUT2D eigenvalue weighted by atomic mass is 35.5. The normalized spacial score (nSPS) is 13.1. The zero-order valence-corrected chi connectivity index (χ0v) is 8.49. The van der Waals surface area contributed by atoms with Crippen molar-refractivity contribution in [2.75, 3.05) is 0 Å². The van der Waals surface area contributed by atoms with Gasteiger partial charge in [-0.15, -0.1) is 11.3 Å². The monoisotopic (exact) mass is 240 g/mol. The Kier molecular flexibility index (Phi) is 3.83. The molecule has 1 rings (SSSR count). The molecule has 0 aromatic carbocycles. The molecule has 14 heavy (non-hydrogen) atoms. The molecule has 0 bridgehead atoms. The molecule has 0 saturated carbocycles. The van der Waals surface area contributed by atoms with E-state index in [1.807, 2.05) is 0 Å². The van der Waals surface area contributed by atoms with Crippen LogP contribution < -0.4 is 0 Å². The maximum Gasteiger partial charge on any atom is 0.304 e. The lowest BCUT2D eigenvalue weighted by Gasteiger charge is -2.10. The average Bonchev–Trinajstić information content (AvgIpc) is 2.46. The Morgan fingerprint density at radius 3 is 2.57 bits per heavy atom. The van der Waals surface area contributed by atoms with Gasteiger partial charge in [0.15, 0.2) is 0 Å². The maximum absolute atomic E-state index is 12.5. The first-order valence-corrected chi connectivity index (χ1v) is 4.95. The Bertz CT molecular complexity index is 327. The molecule has 2 nitrogen and oxygen atoms in total. The number of hydrogen-bond donors (Lipinski definition) is 1. The first-order valence-electron chi connectivity index (χ1n) is 3.76. The summed E-state index contributed by atoms with van der Waals surface area (Å²) in [6.45, 7) is 0. The van der Waals surface area contributed by atoms with Crippen molar-refractivity contribution in [3.05, 3.63) is 21.3 Å². The lowest BCUT2D eigenvalue weighted by Crippen LogP contribution is -2.12. The van der Waals surface area contributed by atoms with Crippen LogP contribution in [0.3, 0.4) is 0 Å². The quantitative estimate of drug-likeness (QED) is 0.877. The lowest BCUT2D eigenvalue weighted by atomic mass is 10.0. The van der Waals surface area contributed by atoms with Crippen LogP contribution in [0.2, 0.25) is 4.34 Å². The van der Waals surface area contributed by atoms with Crippen LogP contribution in [0, 0.1) is 0 Å². The van der Waals surface area contributed by atoms with Crippen molar-refractivity contribution in [1.82, 2.24) is 0 Å². The molecule has 0 saturated heterocycles. The van der Waals surface area contributed by atoms with Crippen molar-refractivity contribution < 1.29 is 18.7 Å². The van der Waals surface area contributed by atoms with Gasteiger partial charge in [-0.05, 0) is 12.1 Å². The van der Waals surface area contributed by atoms with Crippen LogP contribution in [-0.4, -0.2) is 17.5 Å². The van der Waals surface area contributed by atoms with Crippen molar-refractivity contribution >= 4 is 28.9 Å². The van der Waals surface area contributed by atoms with Gasteiger partial charge in [0.2, 0.25) is 6.43 Å². The summed E-state index contributed by atoms with van der Waals surface area (Å²) in [6.07, 6.45) is -3.25. The van der Waals surface area contributed by atoms with Gasteiger partial charge in [-0.3, -0.25) is 4.79 Å². The molecule has 0 aliphatic heterocycles. The van der Waals surface area contributed by atoms with Gasteiger partial charge in [-0.2, -0.15) is 0 Å². The number of aliphatic carboxylic acids is 1. The predicted octanol–water partition coefficient (Wildman–Crippen LogP) is 3.22. The van der Waals surface area contributed by atoms with E-state index in [0.29, 0.717) is 9.21 Å². The van der Waals surface area contributed by atoms with Gasteiger partial charge in [0.25, 0.3) is 0 Å². The highest BCUT2D eigenvalue weighted by molar-refractivity contribution is 7.16. The summed E-state index contributed by atoms with van der Waals surface area (Å²) in [5.74, 6) is -2.50. The molecule has 0 fully saturated rings. The molecule has 0 spiro atoms. The molecule has 1 unspecified atom stereocenters. The lowest BCUT2D eigenvalue weighted by molar-refractivity contribution is -0.138. The van der Waals surface area contributed by atoms with Crippen molar-refractivity contribution in [1.29, 1.82) is 0 Å². The number of thiophene rings is 1.